The Morgan fingerprint density at radius 2 is 1.75 bits per heavy atom. The molecule has 2 amide bonds. The van der Waals surface area contributed by atoms with Crippen molar-refractivity contribution < 1.29 is 34.1 Å². The van der Waals surface area contributed by atoms with E-state index in [-0.39, 0.29) is 23.9 Å². The van der Waals surface area contributed by atoms with Crippen molar-refractivity contribution in [1.82, 2.24) is 15.0 Å². The maximum Gasteiger partial charge on any atom is 0.348 e. The Labute approximate surface area is 229 Å². The van der Waals surface area contributed by atoms with Crippen LogP contribution in [-0.4, -0.2) is 56.2 Å². The summed E-state index contributed by atoms with van der Waals surface area (Å²) in [4.78, 5) is 65.3. The molecule has 1 heterocycles. The van der Waals surface area contributed by atoms with Crippen molar-refractivity contribution in [2.24, 2.45) is 5.73 Å². The summed E-state index contributed by atoms with van der Waals surface area (Å²) in [6.45, 7) is 4.23. The Hall–Kier alpha value is -4.91. The van der Waals surface area contributed by atoms with E-state index in [2.05, 4.69) is 10.3 Å². The number of ether oxygens (including phenoxy) is 1. The van der Waals surface area contributed by atoms with Gasteiger partial charge in [-0.3, -0.25) is 14.4 Å². The quantitative estimate of drug-likeness (QED) is 0.171. The van der Waals surface area contributed by atoms with E-state index in [9.17, 15) is 34.2 Å². The molecular weight excluding hydrogens is 522 g/mol. The number of nitrogens with one attached hydrogen (secondary N) is 2. The van der Waals surface area contributed by atoms with Gasteiger partial charge in [0.2, 0.25) is 11.8 Å². The fourth-order valence-corrected chi connectivity index (χ4v) is 4.03. The monoisotopic (exact) mass is 553 g/mol. The standard InChI is InChI=1S/C27H31N5O8/c1-15(2)19-6-4-5-7-21(19)40-23(36)14-31(25(37)20(12-22(34)35)29-16(3)33)32-26(38)24(30-27(32)39)18-10-8-17(13-28)9-11-18/h4-11,15,20,38H,12-14,28H2,1-3H3,(H,29,33)(H,30,39)(H,34,35)/t20-/m0/s1. The average Bonchev–Trinajstić information content (AvgIpc) is 3.19. The van der Waals surface area contributed by atoms with E-state index < -0.39 is 54.3 Å². The fourth-order valence-electron chi connectivity index (χ4n) is 4.03. The number of rotatable bonds is 11. The van der Waals surface area contributed by atoms with Crippen LogP contribution in [-0.2, 0) is 25.7 Å². The molecule has 1 aromatic heterocycles. The lowest BCUT2D eigenvalue weighted by Gasteiger charge is -2.26. The van der Waals surface area contributed by atoms with Crippen LogP contribution in [0.1, 0.15) is 44.2 Å². The van der Waals surface area contributed by atoms with Gasteiger partial charge in [-0.25, -0.2) is 14.6 Å². The first-order valence-corrected chi connectivity index (χ1v) is 12.4. The Kier molecular flexibility index (Phi) is 9.45. The molecule has 0 fully saturated rings. The van der Waals surface area contributed by atoms with E-state index in [0.29, 0.717) is 20.8 Å². The largest absolute Gasteiger partial charge is 0.492 e. The van der Waals surface area contributed by atoms with Crippen molar-refractivity contribution in [3.8, 4) is 22.9 Å². The molecule has 13 heteroatoms. The molecule has 0 aliphatic heterocycles. The topological polar surface area (TPSA) is 197 Å². The van der Waals surface area contributed by atoms with Crippen LogP contribution in [0.25, 0.3) is 11.3 Å². The SMILES string of the molecule is CC(=O)N[C@@H](CC(=O)O)C(=O)N(CC(=O)Oc1ccccc1C(C)C)n1c(O)c(-c2ccc(CN)cc2)[nH]c1=O. The maximum atomic E-state index is 13.6. The fraction of sp³-hybridized carbons (Fsp3) is 0.296. The highest BCUT2D eigenvalue weighted by Gasteiger charge is 2.34. The second-order valence-electron chi connectivity index (χ2n) is 9.26. The normalized spacial score (nSPS) is 11.6. The van der Waals surface area contributed by atoms with Crippen molar-refractivity contribution in [1.29, 1.82) is 0 Å². The van der Waals surface area contributed by atoms with Gasteiger partial charge in [-0.15, -0.1) is 0 Å². The lowest BCUT2D eigenvalue weighted by molar-refractivity contribution is -0.140. The summed E-state index contributed by atoms with van der Waals surface area (Å²) in [7, 11) is 0. The minimum atomic E-state index is -1.67. The molecule has 0 saturated heterocycles. The van der Waals surface area contributed by atoms with Gasteiger partial charge in [-0.2, -0.15) is 4.68 Å². The lowest BCUT2D eigenvalue weighted by Crippen LogP contribution is -2.57. The second-order valence-corrected chi connectivity index (χ2v) is 9.26. The van der Waals surface area contributed by atoms with E-state index in [1.807, 2.05) is 13.8 Å². The van der Waals surface area contributed by atoms with Crippen molar-refractivity contribution in [3.63, 3.8) is 0 Å². The molecule has 212 valence electrons. The molecule has 0 spiro atoms. The maximum absolute atomic E-state index is 13.6. The van der Waals surface area contributed by atoms with Gasteiger partial charge in [-0.05, 0) is 23.1 Å². The number of nitrogens with zero attached hydrogens (tertiary/aromatic N) is 2. The minimum absolute atomic E-state index is 0.00833. The third kappa shape index (κ3) is 6.94. The summed E-state index contributed by atoms with van der Waals surface area (Å²) in [6.07, 6.45) is -0.854. The first-order chi connectivity index (χ1) is 18.9. The van der Waals surface area contributed by atoms with Gasteiger partial charge < -0.3 is 31.0 Å². The highest BCUT2D eigenvalue weighted by atomic mass is 16.5. The number of aromatic nitrogens is 2. The van der Waals surface area contributed by atoms with Gasteiger partial charge in [0.25, 0.3) is 5.91 Å². The summed E-state index contributed by atoms with van der Waals surface area (Å²) in [5.74, 6) is -4.79. The summed E-state index contributed by atoms with van der Waals surface area (Å²) in [5.41, 5.74) is 6.42. The average molecular weight is 554 g/mol. The Morgan fingerprint density at radius 1 is 1.10 bits per heavy atom. The summed E-state index contributed by atoms with van der Waals surface area (Å²) >= 11 is 0. The number of H-pyrrole nitrogens is 1. The smallest absolute Gasteiger partial charge is 0.348 e. The van der Waals surface area contributed by atoms with Gasteiger partial charge in [-0.1, -0.05) is 56.3 Å². The van der Waals surface area contributed by atoms with Gasteiger partial charge in [0.1, 0.15) is 24.0 Å². The predicted octanol–water partition coefficient (Wildman–Crippen LogP) is 1.18. The van der Waals surface area contributed by atoms with Crippen LogP contribution in [0.15, 0.2) is 53.3 Å². The summed E-state index contributed by atoms with van der Waals surface area (Å²) in [5, 5.41) is 23.1. The molecule has 40 heavy (non-hydrogen) atoms. The molecule has 0 unspecified atom stereocenters. The zero-order chi connectivity index (χ0) is 29.6. The van der Waals surface area contributed by atoms with E-state index in [0.717, 1.165) is 12.5 Å². The van der Waals surface area contributed by atoms with Crippen molar-refractivity contribution in [2.45, 2.75) is 45.7 Å². The molecule has 3 rings (SSSR count). The number of para-hydroxylation sites is 1. The van der Waals surface area contributed by atoms with E-state index >= 15 is 0 Å². The van der Waals surface area contributed by atoms with E-state index in [1.54, 1.807) is 48.5 Å². The number of aromatic amines is 1. The second kappa shape index (κ2) is 12.8. The molecule has 0 saturated carbocycles. The molecule has 13 nitrogen and oxygen atoms in total. The Morgan fingerprint density at radius 3 is 2.33 bits per heavy atom. The molecule has 3 aromatic rings. The van der Waals surface area contributed by atoms with Crippen LogP contribution in [0.4, 0.5) is 0 Å². The minimum Gasteiger partial charge on any atom is -0.492 e. The van der Waals surface area contributed by atoms with Crippen molar-refractivity contribution in [3.05, 3.63) is 70.1 Å². The zero-order valence-corrected chi connectivity index (χ0v) is 22.2. The first kappa shape index (κ1) is 29.6. The first-order valence-electron chi connectivity index (χ1n) is 12.4. The number of aromatic hydroxyl groups is 1. The number of hydrogen-bond donors (Lipinski definition) is 5. The number of amides is 2. The molecule has 6 N–H and O–H groups in total. The van der Waals surface area contributed by atoms with Crippen LogP contribution in [0, 0.1) is 0 Å². The highest BCUT2D eigenvalue weighted by Crippen LogP contribution is 2.28. The molecule has 0 aliphatic rings. The van der Waals surface area contributed by atoms with Crippen molar-refractivity contribution in [2.75, 3.05) is 11.6 Å². The van der Waals surface area contributed by atoms with Crippen molar-refractivity contribution >= 4 is 23.8 Å². The molecule has 0 aliphatic carbocycles. The summed E-state index contributed by atoms with van der Waals surface area (Å²) in [6, 6.07) is 11.6. The number of carboxylic acids is 1. The third-order valence-electron chi connectivity index (χ3n) is 5.92. The molecule has 2 aromatic carbocycles. The van der Waals surface area contributed by atoms with Crippen LogP contribution in [0.2, 0.25) is 0 Å². The third-order valence-corrected chi connectivity index (χ3v) is 5.92. The lowest BCUT2D eigenvalue weighted by atomic mass is 10.0. The van der Waals surface area contributed by atoms with Crippen LogP contribution in [0.5, 0.6) is 11.6 Å². The zero-order valence-electron chi connectivity index (χ0n) is 22.2. The van der Waals surface area contributed by atoms with Gasteiger partial charge >= 0.3 is 17.6 Å². The Balaban J connectivity index is 2.06. The van der Waals surface area contributed by atoms with Gasteiger partial charge in [0.15, 0.2) is 0 Å². The molecular formula is C27H31N5O8. The molecule has 0 radical (unpaired) electrons. The number of imidazole rings is 1. The number of carbonyl (C=O) groups is 4. The summed E-state index contributed by atoms with van der Waals surface area (Å²) < 4.78 is 5.99. The number of benzene rings is 2. The number of carboxylic acid groups (broad SMARTS) is 1. The van der Waals surface area contributed by atoms with Crippen LogP contribution >= 0.6 is 0 Å². The number of carbonyl (C=O) groups excluding carboxylic acids is 3. The van der Waals surface area contributed by atoms with E-state index in [1.165, 1.54) is 0 Å². The highest BCUT2D eigenvalue weighted by molar-refractivity contribution is 5.99. The number of aliphatic carboxylic acids is 1. The molecule has 0 bridgehead atoms. The van der Waals surface area contributed by atoms with E-state index in [4.69, 9.17) is 10.5 Å². The van der Waals surface area contributed by atoms with Gasteiger partial charge in [0.05, 0.1) is 6.42 Å². The number of nitrogens with two attached hydrogens (primary N) is 1. The van der Waals surface area contributed by atoms with Crippen LogP contribution < -0.4 is 26.5 Å². The predicted molar refractivity (Wildman–Crippen MR) is 144 cm³/mol. The van der Waals surface area contributed by atoms with Gasteiger partial charge in [0, 0.05) is 19.0 Å². The number of hydrogen-bond acceptors (Lipinski definition) is 8. The Bertz CT molecular complexity index is 1440. The molecule has 1 atom stereocenters. The van der Waals surface area contributed by atoms with Crippen LogP contribution in [0.3, 0.4) is 0 Å². The number of esters is 1.